The maximum atomic E-state index is 14.1. The number of nitrogens with one attached hydrogen (secondary N) is 1. The number of carbonyl (C=O) groups is 2. The van der Waals surface area contributed by atoms with E-state index in [4.69, 9.17) is 32.7 Å². The summed E-state index contributed by atoms with van der Waals surface area (Å²) in [4.78, 5) is 28.6. The van der Waals surface area contributed by atoms with Gasteiger partial charge in [0.15, 0.2) is 11.5 Å². The van der Waals surface area contributed by atoms with E-state index in [0.29, 0.717) is 46.7 Å². The third-order valence-corrected chi connectivity index (χ3v) is 9.48. The van der Waals surface area contributed by atoms with Crippen molar-refractivity contribution in [3.05, 3.63) is 82.3 Å². The normalized spacial score (nSPS) is 14.0. The van der Waals surface area contributed by atoms with Crippen molar-refractivity contribution in [2.75, 3.05) is 24.1 Å². The Kier molecular flexibility index (Phi) is 10.2. The highest BCUT2D eigenvalue weighted by atomic mass is 35.5. The predicted octanol–water partition coefficient (Wildman–Crippen LogP) is 5.29. The van der Waals surface area contributed by atoms with Crippen LogP contribution in [0.4, 0.5) is 5.69 Å². The minimum Gasteiger partial charge on any atom is -0.486 e. The van der Waals surface area contributed by atoms with E-state index in [2.05, 4.69) is 5.32 Å². The van der Waals surface area contributed by atoms with Crippen molar-refractivity contribution in [1.82, 2.24) is 10.2 Å². The molecule has 1 N–H and O–H groups in total. The number of carbonyl (C=O) groups excluding carboxylic acids is 2. The van der Waals surface area contributed by atoms with Crippen molar-refractivity contribution in [2.45, 2.75) is 50.7 Å². The quantitative estimate of drug-likeness (QED) is 0.308. The number of ether oxygens (including phenoxy) is 2. The number of hydrogen-bond donors (Lipinski definition) is 1. The van der Waals surface area contributed by atoms with Crippen LogP contribution in [0.5, 0.6) is 11.5 Å². The average Bonchev–Trinajstić information content (AvgIpc) is 2.99. The summed E-state index contributed by atoms with van der Waals surface area (Å²) in [6.45, 7) is 5.32. The summed E-state index contributed by atoms with van der Waals surface area (Å²) in [5.74, 6) is -0.191. The molecule has 0 saturated carbocycles. The van der Waals surface area contributed by atoms with Crippen molar-refractivity contribution in [2.24, 2.45) is 0 Å². The zero-order valence-electron chi connectivity index (χ0n) is 23.5. The first-order valence-corrected chi connectivity index (χ1v) is 15.7. The lowest BCUT2D eigenvalue weighted by molar-refractivity contribution is -0.139. The van der Waals surface area contributed by atoms with Crippen LogP contribution in [0, 0.1) is 0 Å². The molecule has 0 bridgehead atoms. The highest BCUT2D eigenvalue weighted by molar-refractivity contribution is 7.92. The van der Waals surface area contributed by atoms with Crippen molar-refractivity contribution < 1.29 is 27.5 Å². The Bertz CT molecular complexity index is 1520. The minimum absolute atomic E-state index is 0.00375. The average molecular weight is 635 g/mol. The van der Waals surface area contributed by atoms with Gasteiger partial charge >= 0.3 is 0 Å². The Morgan fingerprint density at radius 2 is 1.57 bits per heavy atom. The van der Waals surface area contributed by atoms with Crippen LogP contribution in [0.15, 0.2) is 71.6 Å². The molecule has 2 amide bonds. The number of hydrogen-bond acceptors (Lipinski definition) is 6. The van der Waals surface area contributed by atoms with Gasteiger partial charge in [-0.1, -0.05) is 54.4 Å². The zero-order chi connectivity index (χ0) is 30.4. The Morgan fingerprint density at radius 3 is 2.21 bits per heavy atom. The van der Waals surface area contributed by atoms with Crippen LogP contribution in [-0.4, -0.2) is 57.0 Å². The van der Waals surface area contributed by atoms with Crippen LogP contribution in [0.1, 0.15) is 32.8 Å². The first-order chi connectivity index (χ1) is 20.0. The lowest BCUT2D eigenvalue weighted by Crippen LogP contribution is -2.52. The summed E-state index contributed by atoms with van der Waals surface area (Å²) in [5.41, 5.74) is 0.637. The number of anilines is 1. The van der Waals surface area contributed by atoms with E-state index in [1.54, 1.807) is 55.5 Å². The number of amides is 2. The first-order valence-electron chi connectivity index (χ1n) is 13.5. The van der Waals surface area contributed by atoms with E-state index in [9.17, 15) is 18.0 Å². The third-order valence-electron chi connectivity index (χ3n) is 6.98. The SMILES string of the molecule is CC[C@H](C)NC(=O)[C@@H](C)N(Cc1c(Cl)cccc1Cl)C(=O)CN(c1ccc2c(c1)OCCO2)S(=O)(=O)c1ccccc1. The van der Waals surface area contributed by atoms with Gasteiger partial charge in [0.2, 0.25) is 11.8 Å². The Morgan fingerprint density at radius 1 is 0.929 bits per heavy atom. The minimum atomic E-state index is -4.23. The molecule has 224 valence electrons. The lowest BCUT2D eigenvalue weighted by atomic mass is 10.1. The second kappa shape index (κ2) is 13.7. The topological polar surface area (TPSA) is 105 Å². The summed E-state index contributed by atoms with van der Waals surface area (Å²) >= 11 is 12.9. The van der Waals surface area contributed by atoms with Gasteiger partial charge in [0.25, 0.3) is 10.0 Å². The van der Waals surface area contributed by atoms with Crippen molar-refractivity contribution in [1.29, 1.82) is 0 Å². The summed E-state index contributed by atoms with van der Waals surface area (Å²) in [6.07, 6.45) is 0.690. The smallest absolute Gasteiger partial charge is 0.264 e. The van der Waals surface area contributed by atoms with Crippen molar-refractivity contribution in [3.8, 4) is 11.5 Å². The van der Waals surface area contributed by atoms with Gasteiger partial charge in [-0.2, -0.15) is 0 Å². The van der Waals surface area contributed by atoms with E-state index in [-0.39, 0.29) is 23.2 Å². The fourth-order valence-corrected chi connectivity index (χ4v) is 6.28. The van der Waals surface area contributed by atoms with Crippen LogP contribution in [0.25, 0.3) is 0 Å². The van der Waals surface area contributed by atoms with Gasteiger partial charge in [0.05, 0.1) is 10.6 Å². The first kappa shape index (κ1) is 31.5. The molecule has 0 saturated heterocycles. The van der Waals surface area contributed by atoms with Crippen LogP contribution in [-0.2, 0) is 26.2 Å². The molecule has 12 heteroatoms. The van der Waals surface area contributed by atoms with Crippen LogP contribution in [0.2, 0.25) is 10.0 Å². The summed E-state index contributed by atoms with van der Waals surface area (Å²) < 4.78 is 40.2. The molecular weight excluding hydrogens is 601 g/mol. The third kappa shape index (κ3) is 7.11. The molecule has 3 aromatic rings. The Hall–Kier alpha value is -3.47. The monoisotopic (exact) mass is 633 g/mol. The van der Waals surface area contributed by atoms with Gasteiger partial charge in [-0.15, -0.1) is 0 Å². The Labute approximate surface area is 256 Å². The molecule has 0 aromatic heterocycles. The number of nitrogens with zero attached hydrogens (tertiary/aromatic N) is 2. The molecule has 0 radical (unpaired) electrons. The van der Waals surface area contributed by atoms with Crippen molar-refractivity contribution in [3.63, 3.8) is 0 Å². The molecule has 42 heavy (non-hydrogen) atoms. The maximum absolute atomic E-state index is 14.1. The fraction of sp³-hybridized carbons (Fsp3) is 0.333. The number of halogens is 2. The number of sulfonamides is 1. The van der Waals surface area contributed by atoms with E-state index >= 15 is 0 Å². The van der Waals surface area contributed by atoms with Crippen LogP contribution in [0.3, 0.4) is 0 Å². The molecule has 3 aromatic carbocycles. The predicted molar refractivity (Wildman–Crippen MR) is 163 cm³/mol. The van der Waals surface area contributed by atoms with Crippen LogP contribution >= 0.6 is 23.2 Å². The van der Waals surface area contributed by atoms with E-state index in [0.717, 1.165) is 4.31 Å². The fourth-order valence-electron chi connectivity index (χ4n) is 4.34. The van der Waals surface area contributed by atoms with Gasteiger partial charge in [-0.05, 0) is 56.7 Å². The second-order valence-electron chi connectivity index (χ2n) is 9.87. The van der Waals surface area contributed by atoms with Crippen molar-refractivity contribution >= 4 is 50.7 Å². The molecule has 0 fully saturated rings. The van der Waals surface area contributed by atoms with Gasteiger partial charge < -0.3 is 19.7 Å². The molecular formula is C30H33Cl2N3O6S. The largest absolute Gasteiger partial charge is 0.486 e. The van der Waals surface area contributed by atoms with E-state index in [1.165, 1.54) is 23.1 Å². The van der Waals surface area contributed by atoms with Gasteiger partial charge in [-0.3, -0.25) is 13.9 Å². The Balaban J connectivity index is 1.76. The zero-order valence-corrected chi connectivity index (χ0v) is 25.9. The number of fused-ring (bicyclic) bond motifs is 1. The molecule has 9 nitrogen and oxygen atoms in total. The maximum Gasteiger partial charge on any atom is 0.264 e. The molecule has 1 aliphatic heterocycles. The number of benzene rings is 3. The molecule has 1 aliphatic rings. The summed E-state index contributed by atoms with van der Waals surface area (Å²) in [7, 11) is -4.23. The molecule has 0 spiro atoms. The van der Waals surface area contributed by atoms with Crippen LogP contribution < -0.4 is 19.1 Å². The van der Waals surface area contributed by atoms with E-state index in [1.807, 2.05) is 13.8 Å². The molecule has 2 atom stereocenters. The number of rotatable bonds is 11. The van der Waals surface area contributed by atoms with Gasteiger partial charge in [0, 0.05) is 34.3 Å². The second-order valence-corrected chi connectivity index (χ2v) is 12.5. The van der Waals surface area contributed by atoms with Gasteiger partial charge in [0.1, 0.15) is 25.8 Å². The molecule has 4 rings (SSSR count). The van der Waals surface area contributed by atoms with E-state index < -0.39 is 34.4 Å². The molecule has 1 heterocycles. The lowest BCUT2D eigenvalue weighted by Gasteiger charge is -2.33. The molecule has 0 aliphatic carbocycles. The highest BCUT2D eigenvalue weighted by Gasteiger charge is 2.34. The highest BCUT2D eigenvalue weighted by Crippen LogP contribution is 2.36. The standard InChI is InChI=1S/C30H33Cl2N3O6S/c1-4-20(2)33-30(37)21(3)34(18-24-25(31)11-8-12-26(24)32)29(36)19-35(42(38,39)23-9-6-5-7-10-23)22-13-14-27-28(17-22)41-16-15-40-27/h5-14,17,20-21H,4,15-16,18-19H2,1-3H3,(H,33,37)/t20-,21+/m0/s1. The summed E-state index contributed by atoms with van der Waals surface area (Å²) in [5, 5.41) is 3.52. The molecule has 0 unspecified atom stereocenters. The summed E-state index contributed by atoms with van der Waals surface area (Å²) in [6, 6.07) is 16.3. The van der Waals surface area contributed by atoms with Gasteiger partial charge in [-0.25, -0.2) is 8.42 Å².